The van der Waals surface area contributed by atoms with E-state index < -0.39 is 0 Å². The number of para-hydroxylation sites is 1. The number of phenolic OH excluding ortho intramolecular Hbond substituents is 1. The van der Waals surface area contributed by atoms with Gasteiger partial charge in [-0.05, 0) is 24.3 Å². The van der Waals surface area contributed by atoms with Crippen molar-refractivity contribution in [2.24, 2.45) is 11.8 Å². The van der Waals surface area contributed by atoms with Gasteiger partial charge >= 0.3 is 0 Å². The number of aromatic hydroxyl groups is 1. The Labute approximate surface area is 109 Å². The number of piperidine rings is 1. The molecule has 0 radical (unpaired) electrons. The van der Waals surface area contributed by atoms with Crippen LogP contribution in [0.15, 0.2) is 18.2 Å². The summed E-state index contributed by atoms with van der Waals surface area (Å²) in [7, 11) is 1.59. The molecule has 1 N–H and O–H groups in total. The van der Waals surface area contributed by atoms with Crippen LogP contribution < -0.4 is 4.74 Å². The number of hydrogen-bond donors (Lipinski definition) is 1. The van der Waals surface area contributed by atoms with Crippen molar-refractivity contribution in [2.75, 3.05) is 20.2 Å². The molecule has 3 heteroatoms. The topological polar surface area (TPSA) is 32.7 Å². The molecule has 1 saturated heterocycles. The number of rotatable bonds is 3. The summed E-state index contributed by atoms with van der Waals surface area (Å²) in [6.07, 6.45) is 1.31. The first-order chi connectivity index (χ1) is 8.60. The highest BCUT2D eigenvalue weighted by atomic mass is 16.5. The average Bonchev–Trinajstić information content (AvgIpc) is 2.30. The third kappa shape index (κ3) is 2.96. The van der Waals surface area contributed by atoms with Crippen molar-refractivity contribution in [3.05, 3.63) is 23.8 Å². The zero-order chi connectivity index (χ0) is 13.1. The molecule has 2 rings (SSSR count). The Balaban J connectivity index is 2.09. The van der Waals surface area contributed by atoms with Crippen LogP contribution in [0.1, 0.15) is 25.8 Å². The van der Waals surface area contributed by atoms with Gasteiger partial charge in [0.15, 0.2) is 11.5 Å². The van der Waals surface area contributed by atoms with Crippen LogP contribution in [0.5, 0.6) is 11.5 Å². The molecular weight excluding hydrogens is 226 g/mol. The maximum atomic E-state index is 10.1. The lowest BCUT2D eigenvalue weighted by molar-refractivity contribution is 0.133. The molecule has 0 spiro atoms. The maximum Gasteiger partial charge on any atom is 0.162 e. The summed E-state index contributed by atoms with van der Waals surface area (Å²) in [6, 6.07) is 5.70. The van der Waals surface area contributed by atoms with Crippen molar-refractivity contribution in [3.8, 4) is 11.5 Å². The van der Waals surface area contributed by atoms with Gasteiger partial charge in [0.05, 0.1) is 7.11 Å². The van der Waals surface area contributed by atoms with Gasteiger partial charge in [-0.25, -0.2) is 0 Å². The van der Waals surface area contributed by atoms with Crippen LogP contribution in [0.25, 0.3) is 0 Å². The van der Waals surface area contributed by atoms with E-state index in [1.54, 1.807) is 13.2 Å². The summed E-state index contributed by atoms with van der Waals surface area (Å²) in [6.45, 7) is 7.63. The quantitative estimate of drug-likeness (QED) is 0.894. The summed E-state index contributed by atoms with van der Waals surface area (Å²) in [4.78, 5) is 2.42. The van der Waals surface area contributed by atoms with Gasteiger partial charge in [-0.2, -0.15) is 0 Å². The Morgan fingerprint density at radius 3 is 2.56 bits per heavy atom. The number of methoxy groups -OCH3 is 1. The SMILES string of the molecule is COc1cccc(CN2CC(C)CC(C)C2)c1O. The summed E-state index contributed by atoms with van der Waals surface area (Å²) < 4.78 is 5.15. The van der Waals surface area contributed by atoms with Crippen molar-refractivity contribution >= 4 is 0 Å². The number of phenols is 1. The highest BCUT2D eigenvalue weighted by Crippen LogP contribution is 2.31. The zero-order valence-electron chi connectivity index (χ0n) is 11.5. The van der Waals surface area contributed by atoms with Crippen LogP contribution >= 0.6 is 0 Å². The standard InChI is InChI=1S/C15H23NO2/c1-11-7-12(2)9-16(8-11)10-13-5-4-6-14(18-3)15(13)17/h4-6,11-12,17H,7-10H2,1-3H3. The van der Waals surface area contributed by atoms with Crippen LogP contribution in [0.4, 0.5) is 0 Å². The van der Waals surface area contributed by atoms with Crippen molar-refractivity contribution in [2.45, 2.75) is 26.8 Å². The highest BCUT2D eigenvalue weighted by Gasteiger charge is 2.22. The van der Waals surface area contributed by atoms with E-state index in [1.807, 2.05) is 12.1 Å². The summed E-state index contributed by atoms with van der Waals surface area (Å²) >= 11 is 0. The second-order valence-corrected chi connectivity index (χ2v) is 5.61. The third-order valence-electron chi connectivity index (χ3n) is 3.64. The van der Waals surface area contributed by atoms with Gasteiger partial charge in [0.1, 0.15) is 0 Å². The van der Waals surface area contributed by atoms with Crippen molar-refractivity contribution in [3.63, 3.8) is 0 Å². The van der Waals surface area contributed by atoms with Crippen molar-refractivity contribution in [1.29, 1.82) is 0 Å². The second kappa shape index (κ2) is 5.61. The van der Waals surface area contributed by atoms with E-state index in [0.29, 0.717) is 5.75 Å². The van der Waals surface area contributed by atoms with E-state index in [1.165, 1.54) is 6.42 Å². The van der Waals surface area contributed by atoms with Crippen molar-refractivity contribution in [1.82, 2.24) is 4.90 Å². The van der Waals surface area contributed by atoms with E-state index in [9.17, 15) is 5.11 Å². The molecule has 1 aromatic carbocycles. The van der Waals surface area contributed by atoms with Gasteiger partial charge in [-0.3, -0.25) is 4.90 Å². The van der Waals surface area contributed by atoms with E-state index in [0.717, 1.165) is 37.0 Å². The fourth-order valence-electron chi connectivity index (χ4n) is 3.02. The maximum absolute atomic E-state index is 10.1. The highest BCUT2D eigenvalue weighted by molar-refractivity contribution is 5.45. The zero-order valence-corrected chi connectivity index (χ0v) is 11.5. The molecule has 3 nitrogen and oxygen atoms in total. The van der Waals surface area contributed by atoms with Gasteiger partial charge in [-0.15, -0.1) is 0 Å². The van der Waals surface area contributed by atoms with Crippen LogP contribution in [0.3, 0.4) is 0 Å². The number of benzene rings is 1. The Bertz CT molecular complexity index is 395. The Morgan fingerprint density at radius 1 is 1.28 bits per heavy atom. The smallest absolute Gasteiger partial charge is 0.162 e. The Kier molecular flexibility index (Phi) is 4.12. The monoisotopic (exact) mass is 249 g/mol. The molecule has 1 aromatic rings. The molecular formula is C15H23NO2. The molecule has 18 heavy (non-hydrogen) atoms. The van der Waals surface area contributed by atoms with Crippen molar-refractivity contribution < 1.29 is 9.84 Å². The fraction of sp³-hybridized carbons (Fsp3) is 0.600. The first kappa shape index (κ1) is 13.2. The molecule has 1 fully saturated rings. The van der Waals surface area contributed by atoms with Gasteiger partial charge in [0.2, 0.25) is 0 Å². The van der Waals surface area contributed by atoms with E-state index >= 15 is 0 Å². The molecule has 1 aliphatic rings. The lowest BCUT2D eigenvalue weighted by Gasteiger charge is -2.35. The summed E-state index contributed by atoms with van der Waals surface area (Å²) in [5, 5.41) is 10.1. The lowest BCUT2D eigenvalue weighted by atomic mass is 9.91. The average molecular weight is 249 g/mol. The molecule has 0 amide bonds. The van der Waals surface area contributed by atoms with Crippen LogP contribution in [-0.4, -0.2) is 30.2 Å². The lowest BCUT2D eigenvalue weighted by Crippen LogP contribution is -2.38. The van der Waals surface area contributed by atoms with Gasteiger partial charge in [0, 0.05) is 25.2 Å². The predicted octanol–water partition coefficient (Wildman–Crippen LogP) is 2.88. The molecule has 0 aliphatic carbocycles. The minimum Gasteiger partial charge on any atom is -0.504 e. The van der Waals surface area contributed by atoms with Crippen LogP contribution in [0.2, 0.25) is 0 Å². The number of hydrogen-bond acceptors (Lipinski definition) is 3. The Morgan fingerprint density at radius 2 is 1.94 bits per heavy atom. The number of likely N-dealkylation sites (tertiary alicyclic amines) is 1. The molecule has 0 bridgehead atoms. The van der Waals surface area contributed by atoms with E-state index in [-0.39, 0.29) is 5.75 Å². The number of nitrogens with zero attached hydrogens (tertiary/aromatic N) is 1. The molecule has 1 aliphatic heterocycles. The van der Waals surface area contributed by atoms with E-state index in [2.05, 4.69) is 18.7 Å². The van der Waals surface area contributed by atoms with Gasteiger partial charge in [-0.1, -0.05) is 26.0 Å². The van der Waals surface area contributed by atoms with Gasteiger partial charge in [0.25, 0.3) is 0 Å². The molecule has 2 unspecified atom stereocenters. The normalized spacial score (nSPS) is 25.1. The van der Waals surface area contributed by atoms with Gasteiger partial charge < -0.3 is 9.84 Å². The Hall–Kier alpha value is -1.22. The largest absolute Gasteiger partial charge is 0.504 e. The molecule has 1 heterocycles. The van der Waals surface area contributed by atoms with Crippen LogP contribution in [-0.2, 0) is 6.54 Å². The third-order valence-corrected chi connectivity index (χ3v) is 3.64. The summed E-state index contributed by atoms with van der Waals surface area (Å²) in [5.41, 5.74) is 0.954. The van der Waals surface area contributed by atoms with Crippen LogP contribution in [0, 0.1) is 11.8 Å². The predicted molar refractivity (Wildman–Crippen MR) is 72.9 cm³/mol. The molecule has 2 atom stereocenters. The number of ether oxygens (including phenoxy) is 1. The molecule has 0 aromatic heterocycles. The first-order valence-electron chi connectivity index (χ1n) is 6.67. The molecule has 100 valence electrons. The fourth-order valence-corrected chi connectivity index (χ4v) is 3.02. The minimum absolute atomic E-state index is 0.283. The van der Waals surface area contributed by atoms with E-state index in [4.69, 9.17) is 4.74 Å². The minimum atomic E-state index is 0.283. The summed E-state index contributed by atoms with van der Waals surface area (Å²) in [5.74, 6) is 2.32. The first-order valence-corrected chi connectivity index (χ1v) is 6.67. The molecule has 0 saturated carbocycles. The second-order valence-electron chi connectivity index (χ2n) is 5.61.